The first-order valence-corrected chi connectivity index (χ1v) is 11.7. The smallest absolute Gasteiger partial charge is 0.146 e. The third-order valence-electron chi connectivity index (χ3n) is 7.00. The number of fused-ring (bicyclic) bond motifs is 4. The van der Waals surface area contributed by atoms with E-state index in [4.69, 9.17) is 0 Å². The van der Waals surface area contributed by atoms with Gasteiger partial charge in [-0.15, -0.1) is 0 Å². The van der Waals surface area contributed by atoms with E-state index in [0.717, 1.165) is 42.8 Å². The van der Waals surface area contributed by atoms with Crippen LogP contribution in [0.3, 0.4) is 0 Å². The number of carbonyl (C=O) groups excluding carboxylic acids is 1. The van der Waals surface area contributed by atoms with Gasteiger partial charge >= 0.3 is 0 Å². The number of anilines is 1. The summed E-state index contributed by atoms with van der Waals surface area (Å²) in [7, 11) is 0. The fourth-order valence-corrected chi connectivity index (χ4v) is 5.52. The van der Waals surface area contributed by atoms with Gasteiger partial charge in [0.15, 0.2) is 0 Å². The molecule has 1 saturated heterocycles. The molecule has 1 fully saturated rings. The summed E-state index contributed by atoms with van der Waals surface area (Å²) in [5, 5.41) is 4.61. The zero-order chi connectivity index (χ0) is 22.2. The third kappa shape index (κ3) is 3.70. The lowest BCUT2D eigenvalue weighted by Gasteiger charge is -2.33. The van der Waals surface area contributed by atoms with Gasteiger partial charge in [-0.1, -0.05) is 48.5 Å². The number of benzene rings is 2. The summed E-state index contributed by atoms with van der Waals surface area (Å²) in [4.78, 5) is 27.3. The molecule has 166 valence electrons. The van der Waals surface area contributed by atoms with Gasteiger partial charge in [-0.2, -0.15) is 0 Å². The van der Waals surface area contributed by atoms with E-state index >= 15 is 0 Å². The molecule has 6 nitrogen and oxygen atoms in total. The Morgan fingerprint density at radius 1 is 1.03 bits per heavy atom. The number of H-pyrrole nitrogens is 1. The van der Waals surface area contributed by atoms with Gasteiger partial charge < -0.3 is 9.88 Å². The van der Waals surface area contributed by atoms with Crippen molar-refractivity contribution in [2.45, 2.75) is 25.3 Å². The highest BCUT2D eigenvalue weighted by atomic mass is 16.1. The fourth-order valence-electron chi connectivity index (χ4n) is 5.52. The van der Waals surface area contributed by atoms with Crippen molar-refractivity contribution in [1.29, 1.82) is 0 Å². The highest BCUT2D eigenvalue weighted by Crippen LogP contribution is 2.43. The molecule has 2 N–H and O–H groups in total. The molecule has 6 rings (SSSR count). The number of aromatic nitrogens is 3. The summed E-state index contributed by atoms with van der Waals surface area (Å²) in [5.41, 5.74) is 5.91. The van der Waals surface area contributed by atoms with Gasteiger partial charge in [-0.05, 0) is 47.1 Å². The van der Waals surface area contributed by atoms with Crippen LogP contribution >= 0.6 is 0 Å². The molecular weight excluding hydrogens is 410 g/mol. The lowest BCUT2D eigenvalue weighted by molar-refractivity contribution is -0.119. The average molecular weight is 438 g/mol. The molecular formula is C27H27N5O. The second-order valence-electron chi connectivity index (χ2n) is 9.12. The van der Waals surface area contributed by atoms with E-state index < -0.39 is 0 Å². The molecule has 0 amide bonds. The van der Waals surface area contributed by atoms with Crippen LogP contribution in [-0.4, -0.2) is 40.4 Å². The van der Waals surface area contributed by atoms with Gasteiger partial charge in [0.1, 0.15) is 23.6 Å². The van der Waals surface area contributed by atoms with Crippen LogP contribution in [-0.2, 0) is 4.79 Å². The molecule has 1 aliphatic carbocycles. The predicted molar refractivity (Wildman–Crippen MR) is 130 cm³/mol. The van der Waals surface area contributed by atoms with Crippen molar-refractivity contribution in [3.05, 3.63) is 78.2 Å². The summed E-state index contributed by atoms with van der Waals surface area (Å²) in [6.07, 6.45) is 6.27. The SMILES string of the molecule is O=C(CNC1c2ccccc2-c2ccccc21)C[C@@H]1CCCN(c2ncnc3[nH]ccc23)C1. The highest BCUT2D eigenvalue weighted by Gasteiger charge is 2.29. The van der Waals surface area contributed by atoms with Crippen LogP contribution in [0.2, 0.25) is 0 Å². The summed E-state index contributed by atoms with van der Waals surface area (Å²) >= 11 is 0. The summed E-state index contributed by atoms with van der Waals surface area (Å²) in [6.45, 7) is 2.22. The minimum absolute atomic E-state index is 0.0760. The van der Waals surface area contributed by atoms with Crippen molar-refractivity contribution in [1.82, 2.24) is 20.3 Å². The maximum absolute atomic E-state index is 13.0. The van der Waals surface area contributed by atoms with Gasteiger partial charge in [0, 0.05) is 25.7 Å². The lowest BCUT2D eigenvalue weighted by Crippen LogP contribution is -2.38. The number of hydrogen-bond donors (Lipinski definition) is 2. The standard InChI is InChI=1S/C27H27N5O/c33-19(15-29-25-22-9-3-1-7-20(22)21-8-2-4-10-23(21)25)14-18-6-5-13-32(16-18)27-24-11-12-28-26(24)30-17-31-27/h1-4,7-12,17-18,25,29H,5-6,13-16H2,(H,28,30,31)/t18-/m0/s1. The summed E-state index contributed by atoms with van der Waals surface area (Å²) in [6, 6.07) is 19.1. The van der Waals surface area contributed by atoms with Crippen LogP contribution < -0.4 is 10.2 Å². The number of nitrogens with one attached hydrogen (secondary N) is 2. The molecule has 4 aromatic rings. The molecule has 0 unspecified atom stereocenters. The monoisotopic (exact) mass is 437 g/mol. The van der Waals surface area contributed by atoms with Crippen molar-refractivity contribution < 1.29 is 4.79 Å². The summed E-state index contributed by atoms with van der Waals surface area (Å²) < 4.78 is 0. The van der Waals surface area contributed by atoms with Crippen molar-refractivity contribution in [2.24, 2.45) is 5.92 Å². The normalized spacial score (nSPS) is 17.8. The molecule has 1 aliphatic heterocycles. The van der Waals surface area contributed by atoms with E-state index in [2.05, 4.69) is 73.7 Å². The van der Waals surface area contributed by atoms with E-state index in [-0.39, 0.29) is 11.8 Å². The van der Waals surface area contributed by atoms with E-state index in [1.165, 1.54) is 22.3 Å². The van der Waals surface area contributed by atoms with E-state index in [1.807, 2.05) is 12.3 Å². The predicted octanol–water partition coefficient (Wildman–Crippen LogP) is 4.49. The Morgan fingerprint density at radius 2 is 1.79 bits per heavy atom. The molecule has 3 heterocycles. The minimum atomic E-state index is 0.0760. The highest BCUT2D eigenvalue weighted by molar-refractivity contribution is 5.87. The second kappa shape index (κ2) is 8.45. The zero-order valence-corrected chi connectivity index (χ0v) is 18.5. The van der Waals surface area contributed by atoms with Gasteiger partial charge in [0.2, 0.25) is 0 Å². The van der Waals surface area contributed by atoms with Gasteiger partial charge in [-0.25, -0.2) is 9.97 Å². The van der Waals surface area contributed by atoms with Crippen LogP contribution in [0.25, 0.3) is 22.2 Å². The Morgan fingerprint density at radius 3 is 2.58 bits per heavy atom. The Kier molecular flexibility index (Phi) is 5.15. The fraction of sp³-hybridized carbons (Fsp3) is 0.296. The van der Waals surface area contributed by atoms with Crippen molar-refractivity contribution >= 4 is 22.6 Å². The minimum Gasteiger partial charge on any atom is -0.356 e. The number of ketones is 1. The Bertz CT molecular complexity index is 1270. The first kappa shape index (κ1) is 20.1. The maximum Gasteiger partial charge on any atom is 0.146 e. The van der Waals surface area contributed by atoms with E-state index in [0.29, 0.717) is 18.9 Å². The van der Waals surface area contributed by atoms with Crippen LogP contribution in [0.15, 0.2) is 67.1 Å². The summed E-state index contributed by atoms with van der Waals surface area (Å²) in [5.74, 6) is 1.59. The maximum atomic E-state index is 13.0. The second-order valence-corrected chi connectivity index (χ2v) is 9.12. The van der Waals surface area contributed by atoms with Crippen molar-refractivity contribution in [3.63, 3.8) is 0 Å². The molecule has 0 spiro atoms. The van der Waals surface area contributed by atoms with Crippen LogP contribution in [0, 0.1) is 5.92 Å². The van der Waals surface area contributed by atoms with Crippen LogP contribution in [0.1, 0.15) is 36.4 Å². The number of rotatable bonds is 6. The average Bonchev–Trinajstić information content (AvgIpc) is 3.46. The molecule has 2 aliphatic rings. The molecule has 33 heavy (non-hydrogen) atoms. The number of nitrogens with zero attached hydrogens (tertiary/aromatic N) is 3. The number of aromatic amines is 1. The van der Waals surface area contributed by atoms with Crippen molar-refractivity contribution in [3.8, 4) is 11.1 Å². The largest absolute Gasteiger partial charge is 0.356 e. The van der Waals surface area contributed by atoms with E-state index in [1.54, 1.807) is 6.33 Å². The number of carbonyl (C=O) groups is 1. The number of piperidine rings is 1. The number of Topliss-reactive ketones (excluding diaryl/α,β-unsaturated/α-hetero) is 1. The molecule has 0 radical (unpaired) electrons. The van der Waals surface area contributed by atoms with Gasteiger partial charge in [0.25, 0.3) is 0 Å². The molecule has 2 aromatic heterocycles. The van der Waals surface area contributed by atoms with Gasteiger partial charge in [0.05, 0.1) is 18.0 Å². The lowest BCUT2D eigenvalue weighted by atomic mass is 9.92. The van der Waals surface area contributed by atoms with Gasteiger partial charge in [-0.3, -0.25) is 10.1 Å². The molecule has 0 saturated carbocycles. The Balaban J connectivity index is 1.12. The van der Waals surface area contributed by atoms with Crippen LogP contribution in [0.4, 0.5) is 5.82 Å². The molecule has 0 bridgehead atoms. The molecule has 1 atom stereocenters. The topological polar surface area (TPSA) is 73.9 Å². The Hall–Kier alpha value is -3.51. The first-order valence-electron chi connectivity index (χ1n) is 11.7. The first-order chi connectivity index (χ1) is 16.3. The number of hydrogen-bond acceptors (Lipinski definition) is 5. The molecule has 6 heteroatoms. The third-order valence-corrected chi connectivity index (χ3v) is 7.00. The van der Waals surface area contributed by atoms with Crippen molar-refractivity contribution in [2.75, 3.05) is 24.5 Å². The van der Waals surface area contributed by atoms with E-state index in [9.17, 15) is 4.79 Å². The van der Waals surface area contributed by atoms with Crippen LogP contribution in [0.5, 0.6) is 0 Å². The molecule has 2 aromatic carbocycles. The quantitative estimate of drug-likeness (QED) is 0.465. The Labute approximate surface area is 193 Å². The zero-order valence-electron chi connectivity index (χ0n) is 18.5.